The zero-order valence-electron chi connectivity index (χ0n) is 19.6. The van der Waals surface area contributed by atoms with Crippen LogP contribution >= 0.6 is 0 Å². The molecule has 2 fully saturated rings. The molecule has 4 rings (SSSR count). The SMILES string of the molecule is C=Nc1cc(OC)c(OCCCN2CC3OCCOC3C2)cc1C(=NC)Nc1ccc(F)cc1. The van der Waals surface area contributed by atoms with Crippen LogP contribution in [-0.4, -0.2) is 83.3 Å². The van der Waals surface area contributed by atoms with E-state index in [0.29, 0.717) is 54.1 Å². The molecule has 0 bridgehead atoms. The van der Waals surface area contributed by atoms with Gasteiger partial charge in [-0.05, 0) is 43.5 Å². The van der Waals surface area contributed by atoms with Crippen LogP contribution in [0.5, 0.6) is 11.5 Å². The van der Waals surface area contributed by atoms with Crippen LogP contribution in [0, 0.1) is 5.82 Å². The summed E-state index contributed by atoms with van der Waals surface area (Å²) in [6, 6.07) is 9.68. The quantitative estimate of drug-likeness (QED) is 0.343. The average molecular weight is 471 g/mol. The molecular formula is C25H31FN4O4. The van der Waals surface area contributed by atoms with Crippen molar-refractivity contribution in [1.82, 2.24) is 4.90 Å². The van der Waals surface area contributed by atoms with Gasteiger partial charge in [-0.1, -0.05) is 0 Å². The number of hydrogen-bond donors (Lipinski definition) is 1. The molecule has 9 heteroatoms. The molecule has 0 amide bonds. The van der Waals surface area contributed by atoms with Crippen LogP contribution in [0.3, 0.4) is 0 Å². The monoisotopic (exact) mass is 470 g/mol. The van der Waals surface area contributed by atoms with Crippen molar-refractivity contribution in [2.45, 2.75) is 18.6 Å². The number of nitrogens with zero attached hydrogens (tertiary/aromatic N) is 3. The molecular weight excluding hydrogens is 439 g/mol. The first-order valence-corrected chi connectivity index (χ1v) is 11.4. The van der Waals surface area contributed by atoms with Gasteiger partial charge < -0.3 is 24.3 Å². The van der Waals surface area contributed by atoms with E-state index in [4.69, 9.17) is 18.9 Å². The van der Waals surface area contributed by atoms with Gasteiger partial charge in [-0.3, -0.25) is 14.9 Å². The molecule has 0 aromatic heterocycles. The molecule has 34 heavy (non-hydrogen) atoms. The molecule has 182 valence electrons. The van der Waals surface area contributed by atoms with Gasteiger partial charge >= 0.3 is 0 Å². The first-order chi connectivity index (χ1) is 16.6. The zero-order valence-corrected chi connectivity index (χ0v) is 19.6. The van der Waals surface area contributed by atoms with E-state index < -0.39 is 0 Å². The fourth-order valence-corrected chi connectivity index (χ4v) is 4.25. The molecule has 2 saturated heterocycles. The number of methoxy groups -OCH3 is 1. The second-order valence-electron chi connectivity index (χ2n) is 8.16. The molecule has 2 aliphatic rings. The topological polar surface area (TPSA) is 76.9 Å². The molecule has 2 aromatic rings. The van der Waals surface area contributed by atoms with Gasteiger partial charge in [0, 0.05) is 44.0 Å². The molecule has 0 aliphatic carbocycles. The third kappa shape index (κ3) is 5.72. The molecule has 2 aromatic carbocycles. The highest BCUT2D eigenvalue weighted by Gasteiger charge is 2.36. The maximum atomic E-state index is 13.3. The number of amidine groups is 1. The van der Waals surface area contributed by atoms with E-state index in [2.05, 4.69) is 26.9 Å². The highest BCUT2D eigenvalue weighted by molar-refractivity contribution is 6.11. The van der Waals surface area contributed by atoms with Crippen LogP contribution < -0.4 is 14.8 Å². The normalized spacial score (nSPS) is 20.6. The third-order valence-corrected chi connectivity index (χ3v) is 5.95. The number of halogens is 1. The van der Waals surface area contributed by atoms with Crippen LogP contribution in [0.2, 0.25) is 0 Å². The molecule has 0 saturated carbocycles. The highest BCUT2D eigenvalue weighted by Crippen LogP contribution is 2.35. The number of ether oxygens (including phenoxy) is 4. The number of hydrogen-bond acceptors (Lipinski definition) is 7. The molecule has 0 radical (unpaired) electrons. The molecule has 2 unspecified atom stereocenters. The molecule has 8 nitrogen and oxygen atoms in total. The van der Waals surface area contributed by atoms with Gasteiger partial charge in [0.25, 0.3) is 0 Å². The van der Waals surface area contributed by atoms with Gasteiger partial charge in [0.1, 0.15) is 11.7 Å². The lowest BCUT2D eigenvalue weighted by atomic mass is 10.1. The summed E-state index contributed by atoms with van der Waals surface area (Å²) in [5.74, 6) is 1.41. The van der Waals surface area contributed by atoms with E-state index in [1.165, 1.54) is 12.1 Å². The molecule has 2 atom stereocenters. The van der Waals surface area contributed by atoms with Gasteiger partial charge in [-0.2, -0.15) is 0 Å². The number of rotatable bonds is 9. The Bertz CT molecular complexity index is 1000. The van der Waals surface area contributed by atoms with Crippen molar-refractivity contribution in [3.8, 4) is 11.5 Å². The predicted octanol–water partition coefficient (Wildman–Crippen LogP) is 3.52. The summed E-state index contributed by atoms with van der Waals surface area (Å²) in [6.45, 7) is 8.23. The van der Waals surface area contributed by atoms with E-state index in [0.717, 1.165) is 26.1 Å². The number of nitrogens with one attached hydrogen (secondary N) is 1. The first-order valence-electron chi connectivity index (χ1n) is 11.4. The Kier molecular flexibility index (Phi) is 8.10. The van der Waals surface area contributed by atoms with E-state index in [9.17, 15) is 4.39 Å². The second kappa shape index (κ2) is 11.4. The smallest absolute Gasteiger partial charge is 0.162 e. The molecule has 2 heterocycles. The Morgan fingerprint density at radius 3 is 2.47 bits per heavy atom. The van der Waals surface area contributed by atoms with Crippen molar-refractivity contribution in [2.75, 3.05) is 58.9 Å². The summed E-state index contributed by atoms with van der Waals surface area (Å²) in [4.78, 5) is 10.8. The zero-order chi connectivity index (χ0) is 23.9. The predicted molar refractivity (Wildman–Crippen MR) is 131 cm³/mol. The van der Waals surface area contributed by atoms with Gasteiger partial charge in [0.2, 0.25) is 0 Å². The first kappa shape index (κ1) is 24.1. The van der Waals surface area contributed by atoms with E-state index >= 15 is 0 Å². The van der Waals surface area contributed by atoms with Gasteiger partial charge in [-0.15, -0.1) is 0 Å². The summed E-state index contributed by atoms with van der Waals surface area (Å²) < 4.78 is 36.5. The van der Waals surface area contributed by atoms with Crippen LogP contribution in [0.4, 0.5) is 15.8 Å². The Hall–Kier alpha value is -3.01. The number of aliphatic imine (C=N–C) groups is 2. The fraction of sp³-hybridized carbons (Fsp3) is 0.440. The van der Waals surface area contributed by atoms with E-state index in [-0.39, 0.29) is 18.0 Å². The van der Waals surface area contributed by atoms with Crippen LogP contribution in [0.15, 0.2) is 46.4 Å². The van der Waals surface area contributed by atoms with Crippen LogP contribution in [0.25, 0.3) is 0 Å². The van der Waals surface area contributed by atoms with Crippen molar-refractivity contribution >= 4 is 23.9 Å². The Morgan fingerprint density at radius 2 is 1.85 bits per heavy atom. The Labute approximate surface area is 199 Å². The van der Waals surface area contributed by atoms with Crippen molar-refractivity contribution in [3.05, 3.63) is 47.8 Å². The van der Waals surface area contributed by atoms with Crippen molar-refractivity contribution in [2.24, 2.45) is 9.98 Å². The fourth-order valence-electron chi connectivity index (χ4n) is 4.25. The largest absolute Gasteiger partial charge is 0.493 e. The maximum Gasteiger partial charge on any atom is 0.162 e. The minimum atomic E-state index is -0.304. The van der Waals surface area contributed by atoms with Crippen LogP contribution in [-0.2, 0) is 9.47 Å². The summed E-state index contributed by atoms with van der Waals surface area (Å²) in [5, 5.41) is 3.21. The second-order valence-corrected chi connectivity index (χ2v) is 8.16. The minimum absolute atomic E-state index is 0.177. The van der Waals surface area contributed by atoms with E-state index in [1.807, 2.05) is 6.07 Å². The van der Waals surface area contributed by atoms with Gasteiger partial charge in [0.15, 0.2) is 11.5 Å². The van der Waals surface area contributed by atoms with Crippen molar-refractivity contribution in [3.63, 3.8) is 0 Å². The maximum absolute atomic E-state index is 13.3. The minimum Gasteiger partial charge on any atom is -0.493 e. The molecule has 0 spiro atoms. The summed E-state index contributed by atoms with van der Waals surface area (Å²) in [7, 11) is 3.26. The summed E-state index contributed by atoms with van der Waals surface area (Å²) in [6.07, 6.45) is 1.20. The van der Waals surface area contributed by atoms with Crippen LogP contribution in [0.1, 0.15) is 12.0 Å². The average Bonchev–Trinajstić information content (AvgIpc) is 3.29. The Balaban J connectivity index is 1.41. The molecule has 1 N–H and O–H groups in total. The molecule has 2 aliphatic heterocycles. The number of anilines is 1. The Morgan fingerprint density at radius 1 is 1.15 bits per heavy atom. The standard InChI is InChI=1S/C25H31FN4O4/c1-27-20-14-21(31-3)22(13-19(20)25(28-2)29-18-7-5-17(26)6-8-18)32-10-4-9-30-15-23-24(16-30)34-12-11-33-23/h5-8,13-14,23-24H,1,4,9-12,15-16H2,2-3H3,(H,28,29). The lowest BCUT2D eigenvalue weighted by Crippen LogP contribution is -2.36. The number of likely N-dealkylation sites (tertiary alicyclic amines) is 1. The highest BCUT2D eigenvalue weighted by atomic mass is 19.1. The number of benzene rings is 2. The van der Waals surface area contributed by atoms with E-state index in [1.54, 1.807) is 32.4 Å². The summed E-state index contributed by atoms with van der Waals surface area (Å²) in [5.41, 5.74) is 2.00. The summed E-state index contributed by atoms with van der Waals surface area (Å²) >= 11 is 0. The number of fused-ring (bicyclic) bond motifs is 1. The third-order valence-electron chi connectivity index (χ3n) is 5.95. The lowest BCUT2D eigenvalue weighted by molar-refractivity contribution is -0.116. The lowest BCUT2D eigenvalue weighted by Gasteiger charge is -2.24. The van der Waals surface area contributed by atoms with Crippen molar-refractivity contribution < 1.29 is 23.3 Å². The van der Waals surface area contributed by atoms with Gasteiger partial charge in [0.05, 0.1) is 44.8 Å². The van der Waals surface area contributed by atoms with Gasteiger partial charge in [-0.25, -0.2) is 4.39 Å². The van der Waals surface area contributed by atoms with Crippen molar-refractivity contribution in [1.29, 1.82) is 0 Å².